The number of benzene rings is 1. The molecule has 0 spiro atoms. The van der Waals surface area contributed by atoms with Gasteiger partial charge >= 0.3 is 5.97 Å². The van der Waals surface area contributed by atoms with Gasteiger partial charge in [0.25, 0.3) is 0 Å². The lowest BCUT2D eigenvalue weighted by Crippen LogP contribution is -2.46. The molecule has 1 heterocycles. The third kappa shape index (κ3) is 4.13. The van der Waals surface area contributed by atoms with E-state index < -0.39 is 17.9 Å². The minimum absolute atomic E-state index is 0.184. The van der Waals surface area contributed by atoms with Crippen molar-refractivity contribution in [3.63, 3.8) is 0 Å². The Bertz CT molecular complexity index is 573. The minimum atomic E-state index is -1.01. The molecular weight excluding hydrogens is 306 g/mol. The Kier molecular flexibility index (Phi) is 5.29. The quantitative estimate of drug-likeness (QED) is 0.872. The van der Waals surface area contributed by atoms with Crippen molar-refractivity contribution in [2.24, 2.45) is 11.8 Å². The van der Waals surface area contributed by atoms with Gasteiger partial charge in [-0.25, -0.2) is 4.79 Å². The number of carbonyl (C=O) groups excluding carboxylic acids is 1. The summed E-state index contributed by atoms with van der Waals surface area (Å²) in [5.41, 5.74) is 0.870. The summed E-state index contributed by atoms with van der Waals surface area (Å²) in [6.07, 6.45) is 0.896. The van der Waals surface area contributed by atoms with Gasteiger partial charge in [-0.15, -0.1) is 0 Å². The largest absolute Gasteiger partial charge is 0.492 e. The molecule has 1 aliphatic heterocycles. The molecule has 0 aromatic heterocycles. The lowest BCUT2D eigenvalue weighted by molar-refractivity contribution is -0.143. The number of hydrogen-bond acceptors (Lipinski definition) is 3. The standard InChI is InChI=1S/C16H20ClNO4/c1-9(2)5-13(16(20)21)18-15(19)11-6-10-7-12(17)3-4-14(10)22-8-11/h3-4,7,9,11,13H,5-6,8H2,1-2H3,(H,18,19)(H,20,21)/t11?,13-/m1/s1. The molecule has 0 aliphatic carbocycles. The van der Waals surface area contributed by atoms with Crippen molar-refractivity contribution < 1.29 is 19.4 Å². The van der Waals surface area contributed by atoms with Crippen LogP contribution in [0.25, 0.3) is 0 Å². The molecule has 2 N–H and O–H groups in total. The van der Waals surface area contributed by atoms with Gasteiger partial charge in [-0.2, -0.15) is 0 Å². The van der Waals surface area contributed by atoms with Crippen molar-refractivity contribution >= 4 is 23.5 Å². The normalized spacial score (nSPS) is 18.3. The molecule has 5 nitrogen and oxygen atoms in total. The summed E-state index contributed by atoms with van der Waals surface area (Å²) in [7, 11) is 0. The van der Waals surface area contributed by atoms with Crippen LogP contribution in [0.5, 0.6) is 5.75 Å². The van der Waals surface area contributed by atoms with E-state index in [4.69, 9.17) is 16.3 Å². The summed E-state index contributed by atoms with van der Waals surface area (Å²) in [5, 5.41) is 12.4. The highest BCUT2D eigenvalue weighted by atomic mass is 35.5. The van der Waals surface area contributed by atoms with E-state index in [1.165, 1.54) is 0 Å². The third-order valence-corrected chi connectivity index (χ3v) is 3.86. The number of nitrogens with one attached hydrogen (secondary N) is 1. The second kappa shape index (κ2) is 7.01. The highest BCUT2D eigenvalue weighted by molar-refractivity contribution is 6.30. The lowest BCUT2D eigenvalue weighted by Gasteiger charge is -2.26. The van der Waals surface area contributed by atoms with Crippen LogP contribution in [0, 0.1) is 11.8 Å². The Labute approximate surface area is 134 Å². The van der Waals surface area contributed by atoms with E-state index in [-0.39, 0.29) is 18.4 Å². The fourth-order valence-electron chi connectivity index (χ4n) is 2.51. The molecule has 6 heteroatoms. The van der Waals surface area contributed by atoms with Crippen LogP contribution < -0.4 is 10.1 Å². The molecule has 0 fully saturated rings. The van der Waals surface area contributed by atoms with E-state index in [0.717, 1.165) is 11.3 Å². The summed E-state index contributed by atoms with van der Waals surface area (Å²) < 4.78 is 5.57. The Morgan fingerprint density at radius 3 is 2.82 bits per heavy atom. The van der Waals surface area contributed by atoms with Crippen molar-refractivity contribution in [3.8, 4) is 5.75 Å². The first-order valence-corrected chi connectivity index (χ1v) is 7.69. The molecule has 0 saturated carbocycles. The number of amides is 1. The SMILES string of the molecule is CC(C)C[C@@H](NC(=O)C1COc2ccc(Cl)cc2C1)C(=O)O. The maximum absolute atomic E-state index is 12.3. The smallest absolute Gasteiger partial charge is 0.326 e. The molecule has 0 radical (unpaired) electrons. The van der Waals surface area contributed by atoms with E-state index >= 15 is 0 Å². The molecule has 0 bridgehead atoms. The van der Waals surface area contributed by atoms with Crippen molar-refractivity contribution in [1.82, 2.24) is 5.32 Å². The molecule has 2 atom stereocenters. The zero-order valence-corrected chi connectivity index (χ0v) is 13.4. The number of carbonyl (C=O) groups is 2. The number of ether oxygens (including phenoxy) is 1. The predicted molar refractivity (Wildman–Crippen MR) is 83.2 cm³/mol. The molecular formula is C16H20ClNO4. The average Bonchev–Trinajstić information content (AvgIpc) is 2.45. The van der Waals surface area contributed by atoms with Gasteiger partial charge in [0.15, 0.2) is 0 Å². The fraction of sp³-hybridized carbons (Fsp3) is 0.500. The molecule has 1 aromatic rings. The fourth-order valence-corrected chi connectivity index (χ4v) is 2.71. The van der Waals surface area contributed by atoms with Crippen LogP contribution >= 0.6 is 11.6 Å². The number of carboxylic acid groups (broad SMARTS) is 1. The van der Waals surface area contributed by atoms with Crippen LogP contribution in [0.2, 0.25) is 5.02 Å². The molecule has 1 aromatic carbocycles. The predicted octanol–water partition coefficient (Wildman–Crippen LogP) is 2.51. The highest BCUT2D eigenvalue weighted by Gasteiger charge is 2.29. The maximum Gasteiger partial charge on any atom is 0.326 e. The molecule has 1 unspecified atom stereocenters. The minimum Gasteiger partial charge on any atom is -0.492 e. The van der Waals surface area contributed by atoms with Crippen molar-refractivity contribution in [2.45, 2.75) is 32.7 Å². The third-order valence-electron chi connectivity index (χ3n) is 3.62. The highest BCUT2D eigenvalue weighted by Crippen LogP contribution is 2.29. The van der Waals surface area contributed by atoms with Gasteiger partial charge in [0, 0.05) is 5.02 Å². The summed E-state index contributed by atoms with van der Waals surface area (Å²) in [6, 6.07) is 4.43. The number of carboxylic acids is 1. The first-order valence-electron chi connectivity index (χ1n) is 7.31. The Morgan fingerprint density at radius 1 is 1.45 bits per heavy atom. The number of fused-ring (bicyclic) bond motifs is 1. The molecule has 120 valence electrons. The molecule has 1 aliphatic rings. The first kappa shape index (κ1) is 16.6. The maximum atomic E-state index is 12.3. The summed E-state index contributed by atoms with van der Waals surface area (Å²) in [6.45, 7) is 4.09. The van der Waals surface area contributed by atoms with Gasteiger partial charge in [-0.3, -0.25) is 4.79 Å². The van der Waals surface area contributed by atoms with Gasteiger partial charge in [0.2, 0.25) is 5.91 Å². The molecule has 1 amide bonds. The van der Waals surface area contributed by atoms with E-state index in [0.29, 0.717) is 17.9 Å². The summed E-state index contributed by atoms with van der Waals surface area (Å²) in [5.74, 6) is -0.796. The molecule has 22 heavy (non-hydrogen) atoms. The number of halogens is 1. The zero-order chi connectivity index (χ0) is 16.3. The lowest BCUT2D eigenvalue weighted by atomic mass is 9.95. The van der Waals surface area contributed by atoms with Crippen molar-refractivity contribution in [1.29, 1.82) is 0 Å². The Balaban J connectivity index is 2.03. The van der Waals surface area contributed by atoms with E-state index in [2.05, 4.69) is 5.32 Å². The summed E-state index contributed by atoms with van der Waals surface area (Å²) in [4.78, 5) is 23.5. The van der Waals surface area contributed by atoms with Gasteiger partial charge in [-0.05, 0) is 42.5 Å². The molecule has 2 rings (SSSR count). The number of rotatable bonds is 5. The van der Waals surface area contributed by atoms with Gasteiger partial charge in [-0.1, -0.05) is 25.4 Å². The molecule has 0 saturated heterocycles. The van der Waals surface area contributed by atoms with E-state index in [1.54, 1.807) is 18.2 Å². The van der Waals surface area contributed by atoms with Crippen LogP contribution in [0.15, 0.2) is 18.2 Å². The van der Waals surface area contributed by atoms with Gasteiger partial charge in [0.1, 0.15) is 18.4 Å². The second-order valence-corrected chi connectivity index (χ2v) is 6.43. The van der Waals surface area contributed by atoms with Crippen LogP contribution in [0.3, 0.4) is 0 Å². The van der Waals surface area contributed by atoms with Crippen LogP contribution in [0.4, 0.5) is 0 Å². The first-order chi connectivity index (χ1) is 10.4. The average molecular weight is 326 g/mol. The van der Waals surface area contributed by atoms with Gasteiger partial charge in [0.05, 0.1) is 5.92 Å². The van der Waals surface area contributed by atoms with E-state index in [1.807, 2.05) is 13.8 Å². The summed E-state index contributed by atoms with van der Waals surface area (Å²) >= 11 is 5.95. The number of aliphatic carboxylic acids is 1. The zero-order valence-electron chi connectivity index (χ0n) is 12.6. The Hall–Kier alpha value is -1.75. The second-order valence-electron chi connectivity index (χ2n) is 5.99. The monoisotopic (exact) mass is 325 g/mol. The van der Waals surface area contributed by atoms with Crippen LogP contribution in [-0.4, -0.2) is 29.6 Å². The van der Waals surface area contributed by atoms with Gasteiger partial charge < -0.3 is 15.2 Å². The number of hydrogen-bond donors (Lipinski definition) is 2. The van der Waals surface area contributed by atoms with E-state index in [9.17, 15) is 14.7 Å². The van der Waals surface area contributed by atoms with Crippen molar-refractivity contribution in [2.75, 3.05) is 6.61 Å². The topological polar surface area (TPSA) is 75.6 Å². The van der Waals surface area contributed by atoms with Crippen LogP contribution in [-0.2, 0) is 16.0 Å². The van der Waals surface area contributed by atoms with Crippen LogP contribution in [0.1, 0.15) is 25.8 Å². The Morgan fingerprint density at radius 2 is 2.18 bits per heavy atom. The van der Waals surface area contributed by atoms with Crippen molar-refractivity contribution in [3.05, 3.63) is 28.8 Å².